The van der Waals surface area contributed by atoms with Crippen molar-refractivity contribution in [2.45, 2.75) is 6.54 Å². The maximum atomic E-state index is 12.9. The zero-order valence-electron chi connectivity index (χ0n) is 16.7. The van der Waals surface area contributed by atoms with Crippen molar-refractivity contribution < 1.29 is 0 Å². The summed E-state index contributed by atoms with van der Waals surface area (Å²) >= 11 is 6.88. The topological polar surface area (TPSA) is 86.2 Å². The molecule has 0 fully saturated rings. The number of hydrogen-bond acceptors (Lipinski definition) is 5. The van der Waals surface area contributed by atoms with Crippen LogP contribution in [0.4, 0.5) is 5.95 Å². The van der Waals surface area contributed by atoms with Crippen LogP contribution in [-0.2, 0) is 20.6 Å². The molecule has 2 heterocycles. The Bertz CT molecular complexity index is 1420. The van der Waals surface area contributed by atoms with Gasteiger partial charge in [0.15, 0.2) is 11.2 Å². The molecule has 2 aromatic heterocycles. The molecule has 0 radical (unpaired) electrons. The Hall–Kier alpha value is -2.98. The van der Waals surface area contributed by atoms with Gasteiger partial charge in [-0.05, 0) is 35.4 Å². The van der Waals surface area contributed by atoms with Gasteiger partial charge in [-0.1, -0.05) is 56.1 Å². The average molecular weight is 546 g/mol. The number of aryl methyl sites for hydroxylation is 1. The number of halogens is 2. The lowest BCUT2D eigenvalue weighted by Crippen LogP contribution is -2.37. The second-order valence-corrected chi connectivity index (χ2v) is 8.78. The molecule has 0 aliphatic heterocycles. The van der Waals surface area contributed by atoms with Gasteiger partial charge in [-0.15, -0.1) is 0 Å². The van der Waals surface area contributed by atoms with E-state index in [0.29, 0.717) is 23.7 Å². The lowest BCUT2D eigenvalue weighted by Gasteiger charge is -2.09. The smallest absolute Gasteiger partial charge is 0.298 e. The summed E-state index contributed by atoms with van der Waals surface area (Å²) in [4.78, 5) is 29.8. The minimum atomic E-state index is -0.436. The third-order valence-electron chi connectivity index (χ3n) is 4.83. The quantitative estimate of drug-likeness (QED) is 0.307. The third-order valence-corrected chi connectivity index (χ3v) is 5.85. The number of nitrogens with one attached hydrogen (secondary N) is 1. The third kappa shape index (κ3) is 4.26. The maximum Gasteiger partial charge on any atom is 0.332 e. The van der Waals surface area contributed by atoms with E-state index in [9.17, 15) is 9.59 Å². The first-order chi connectivity index (χ1) is 14.8. The van der Waals surface area contributed by atoms with E-state index in [2.05, 4.69) is 47.4 Å². The van der Waals surface area contributed by atoms with Crippen molar-refractivity contribution in [1.29, 1.82) is 0 Å². The molecule has 1 N–H and O–H groups in total. The maximum absolute atomic E-state index is 12.9. The number of rotatable bonds is 5. The minimum Gasteiger partial charge on any atom is -0.298 e. The number of aromatic nitrogens is 4. The predicted octanol–water partition coefficient (Wildman–Crippen LogP) is 3.45. The highest BCUT2D eigenvalue weighted by Gasteiger charge is 2.19. The summed E-state index contributed by atoms with van der Waals surface area (Å²) in [7, 11) is 3.05. The van der Waals surface area contributed by atoms with Crippen LogP contribution in [0.2, 0.25) is 0 Å². The molecule has 0 unspecified atom stereocenters. The molecule has 0 aliphatic carbocycles. The van der Waals surface area contributed by atoms with Gasteiger partial charge in [-0.2, -0.15) is 10.1 Å². The lowest BCUT2D eigenvalue weighted by molar-refractivity contribution is 0.702. The monoisotopic (exact) mass is 544 g/mol. The van der Waals surface area contributed by atoms with E-state index in [1.165, 1.54) is 11.6 Å². The molecule has 0 spiro atoms. The zero-order chi connectivity index (χ0) is 22.1. The van der Waals surface area contributed by atoms with E-state index in [4.69, 9.17) is 0 Å². The van der Waals surface area contributed by atoms with Crippen molar-refractivity contribution in [2.75, 3.05) is 5.43 Å². The molecule has 4 aromatic rings. The minimum absolute atomic E-state index is 0.296. The predicted molar refractivity (Wildman–Crippen MR) is 129 cm³/mol. The number of fused-ring (bicyclic) bond motifs is 1. The van der Waals surface area contributed by atoms with Gasteiger partial charge in [-0.3, -0.25) is 18.5 Å². The van der Waals surface area contributed by atoms with Crippen LogP contribution >= 0.6 is 31.9 Å². The zero-order valence-corrected chi connectivity index (χ0v) is 19.9. The van der Waals surface area contributed by atoms with E-state index >= 15 is 0 Å². The van der Waals surface area contributed by atoms with E-state index in [-0.39, 0.29) is 0 Å². The second-order valence-electron chi connectivity index (χ2n) is 6.95. The Morgan fingerprint density at radius 2 is 1.77 bits per heavy atom. The van der Waals surface area contributed by atoms with Crippen molar-refractivity contribution in [3.8, 4) is 0 Å². The summed E-state index contributed by atoms with van der Waals surface area (Å²) in [6.07, 6.45) is 1.66. The summed E-state index contributed by atoms with van der Waals surface area (Å²) < 4.78 is 6.08. The van der Waals surface area contributed by atoms with Crippen LogP contribution in [0, 0.1) is 0 Å². The van der Waals surface area contributed by atoms with Crippen LogP contribution < -0.4 is 16.7 Å². The molecule has 10 heteroatoms. The Balaban J connectivity index is 1.82. The van der Waals surface area contributed by atoms with Crippen molar-refractivity contribution in [1.82, 2.24) is 18.7 Å². The SMILES string of the molecule is Cn1c(=O)c2c(nc(NN=Cc3ccc(Br)cc3)n2Cc2cccc(Br)c2)n(C)c1=O. The van der Waals surface area contributed by atoms with E-state index in [0.717, 1.165) is 24.6 Å². The Labute approximate surface area is 194 Å². The standard InChI is InChI=1S/C21H18Br2N6O2/c1-27-18-17(19(30)28(2)21(27)31)29(12-14-4-3-5-16(23)10-14)20(25-18)26-24-11-13-6-8-15(22)9-7-13/h3-11H,12H2,1-2H3,(H,25,26). The van der Waals surface area contributed by atoms with Gasteiger partial charge in [-0.25, -0.2) is 10.2 Å². The molecule has 158 valence electrons. The Morgan fingerprint density at radius 1 is 1.03 bits per heavy atom. The molecule has 0 amide bonds. The molecular formula is C21H18Br2N6O2. The van der Waals surface area contributed by atoms with Gasteiger partial charge in [0.1, 0.15) is 0 Å². The Kier molecular flexibility index (Phi) is 5.92. The van der Waals surface area contributed by atoms with Gasteiger partial charge < -0.3 is 0 Å². The fraction of sp³-hybridized carbons (Fsp3) is 0.143. The van der Waals surface area contributed by atoms with Gasteiger partial charge in [0.2, 0.25) is 5.95 Å². The highest BCUT2D eigenvalue weighted by molar-refractivity contribution is 9.10. The van der Waals surface area contributed by atoms with Crippen molar-refractivity contribution in [2.24, 2.45) is 19.2 Å². The summed E-state index contributed by atoms with van der Waals surface area (Å²) in [5.74, 6) is 0.363. The molecule has 31 heavy (non-hydrogen) atoms. The van der Waals surface area contributed by atoms with Crippen molar-refractivity contribution >= 4 is 55.2 Å². The second kappa shape index (κ2) is 8.64. The number of hydrogen-bond donors (Lipinski definition) is 1. The van der Waals surface area contributed by atoms with Crippen LogP contribution in [-0.4, -0.2) is 24.9 Å². The normalized spacial score (nSPS) is 11.5. The largest absolute Gasteiger partial charge is 0.332 e. The average Bonchev–Trinajstić information content (AvgIpc) is 3.10. The molecule has 4 rings (SSSR count). The number of benzene rings is 2. The fourth-order valence-corrected chi connectivity index (χ4v) is 3.93. The molecular weight excluding hydrogens is 528 g/mol. The molecule has 0 aliphatic rings. The van der Waals surface area contributed by atoms with Gasteiger partial charge >= 0.3 is 5.69 Å². The fourth-order valence-electron chi connectivity index (χ4n) is 3.22. The van der Waals surface area contributed by atoms with E-state index in [1.807, 2.05) is 48.5 Å². The van der Waals surface area contributed by atoms with E-state index in [1.54, 1.807) is 17.8 Å². The number of anilines is 1. The van der Waals surface area contributed by atoms with Crippen LogP contribution in [0.15, 0.2) is 72.2 Å². The van der Waals surface area contributed by atoms with Crippen molar-refractivity contribution in [3.05, 3.63) is 89.4 Å². The van der Waals surface area contributed by atoms with Gasteiger partial charge in [0, 0.05) is 23.0 Å². The highest BCUT2D eigenvalue weighted by atomic mass is 79.9. The molecule has 2 aromatic carbocycles. The van der Waals surface area contributed by atoms with Crippen LogP contribution in [0.1, 0.15) is 11.1 Å². The first kappa shape index (κ1) is 21.3. The highest BCUT2D eigenvalue weighted by Crippen LogP contribution is 2.20. The van der Waals surface area contributed by atoms with Gasteiger partial charge in [0.05, 0.1) is 12.8 Å². The van der Waals surface area contributed by atoms with Crippen LogP contribution in [0.3, 0.4) is 0 Å². The Morgan fingerprint density at radius 3 is 2.48 bits per heavy atom. The van der Waals surface area contributed by atoms with Crippen LogP contribution in [0.5, 0.6) is 0 Å². The lowest BCUT2D eigenvalue weighted by atomic mass is 10.2. The summed E-state index contributed by atoms with van der Waals surface area (Å²) in [6.45, 7) is 0.375. The van der Waals surface area contributed by atoms with Gasteiger partial charge in [0.25, 0.3) is 5.56 Å². The summed E-state index contributed by atoms with van der Waals surface area (Å²) in [5, 5.41) is 4.28. The number of nitrogens with zero attached hydrogens (tertiary/aromatic N) is 5. The summed E-state index contributed by atoms with van der Waals surface area (Å²) in [6, 6.07) is 15.4. The first-order valence-electron chi connectivity index (χ1n) is 9.30. The summed E-state index contributed by atoms with van der Waals surface area (Å²) in [5.41, 5.74) is 4.56. The molecule has 0 saturated carbocycles. The number of hydrazone groups is 1. The van der Waals surface area contributed by atoms with E-state index < -0.39 is 11.2 Å². The van der Waals surface area contributed by atoms with Crippen LogP contribution in [0.25, 0.3) is 11.2 Å². The first-order valence-corrected chi connectivity index (χ1v) is 10.9. The van der Waals surface area contributed by atoms with Crippen molar-refractivity contribution in [3.63, 3.8) is 0 Å². The molecule has 0 saturated heterocycles. The molecule has 0 atom stereocenters. The number of imidazole rings is 1. The molecule has 0 bridgehead atoms. The molecule has 8 nitrogen and oxygen atoms in total.